The third kappa shape index (κ3) is 2.84. The quantitative estimate of drug-likeness (QED) is 0.840. The number of benzene rings is 1. The van der Waals surface area contributed by atoms with Crippen LogP contribution in [0, 0.1) is 12.7 Å². The summed E-state index contributed by atoms with van der Waals surface area (Å²) < 4.78 is 13.1. The van der Waals surface area contributed by atoms with Gasteiger partial charge >= 0.3 is 0 Å². The molecule has 0 fully saturated rings. The van der Waals surface area contributed by atoms with E-state index in [9.17, 15) is 4.39 Å². The molecule has 0 atom stereocenters. The molecule has 6 heteroatoms. The molecule has 2 rings (SSSR count). The molecule has 0 aliphatic carbocycles. The summed E-state index contributed by atoms with van der Waals surface area (Å²) >= 11 is 11.1. The van der Waals surface area contributed by atoms with Crippen molar-refractivity contribution in [2.45, 2.75) is 6.92 Å². The molecule has 0 aliphatic heterocycles. The second kappa shape index (κ2) is 4.85. The van der Waals surface area contributed by atoms with Gasteiger partial charge in [-0.15, -0.1) is 0 Å². The minimum atomic E-state index is -0.817. The first-order valence-corrected chi connectivity index (χ1v) is 5.54. The minimum Gasteiger partial charge on any atom is -0.324 e. The number of anilines is 2. The Bertz CT molecular complexity index is 520. The molecule has 0 saturated carbocycles. The van der Waals surface area contributed by atoms with Crippen LogP contribution in [0.2, 0.25) is 10.3 Å². The van der Waals surface area contributed by atoms with E-state index in [4.69, 9.17) is 23.2 Å². The van der Waals surface area contributed by atoms with Gasteiger partial charge in [-0.1, -0.05) is 40.9 Å². The van der Waals surface area contributed by atoms with Gasteiger partial charge in [-0.2, -0.15) is 9.97 Å². The van der Waals surface area contributed by atoms with Crippen molar-refractivity contribution in [3.63, 3.8) is 0 Å². The maximum absolute atomic E-state index is 13.1. The van der Waals surface area contributed by atoms with Crippen molar-refractivity contribution < 1.29 is 4.39 Å². The van der Waals surface area contributed by atoms with Crippen molar-refractivity contribution in [3.8, 4) is 0 Å². The molecule has 0 unspecified atom stereocenters. The first-order valence-electron chi connectivity index (χ1n) is 4.78. The summed E-state index contributed by atoms with van der Waals surface area (Å²) in [7, 11) is 0. The predicted octanol–water partition coefficient (Wildman–Crippen LogP) is 3.97. The highest BCUT2D eigenvalue weighted by Crippen LogP contribution is 2.22. The first kappa shape index (κ1) is 12.1. The average Bonchev–Trinajstić information content (AvgIpc) is 2.29. The molecule has 0 radical (unpaired) electrons. The van der Waals surface area contributed by atoms with E-state index in [1.807, 2.05) is 31.2 Å². The van der Waals surface area contributed by atoms with E-state index in [1.165, 1.54) is 0 Å². The molecule has 0 aliphatic rings. The van der Waals surface area contributed by atoms with Crippen molar-refractivity contribution in [1.29, 1.82) is 0 Å². The average molecular weight is 272 g/mol. The van der Waals surface area contributed by atoms with Gasteiger partial charge in [0.2, 0.25) is 5.95 Å². The number of halogens is 3. The zero-order valence-electron chi connectivity index (χ0n) is 8.84. The Kier molecular flexibility index (Phi) is 3.45. The summed E-state index contributed by atoms with van der Waals surface area (Å²) in [5.41, 5.74) is 1.90. The third-order valence-corrected chi connectivity index (χ3v) is 2.58. The van der Waals surface area contributed by atoms with Gasteiger partial charge in [0.1, 0.15) is 0 Å². The molecule has 1 heterocycles. The van der Waals surface area contributed by atoms with Crippen LogP contribution < -0.4 is 5.32 Å². The number of nitrogens with one attached hydrogen (secondary N) is 1. The van der Waals surface area contributed by atoms with Crippen LogP contribution in [0.1, 0.15) is 5.56 Å². The molecule has 1 N–H and O–H groups in total. The van der Waals surface area contributed by atoms with Crippen LogP contribution in [0.15, 0.2) is 24.3 Å². The Morgan fingerprint density at radius 3 is 2.12 bits per heavy atom. The Hall–Kier alpha value is -1.39. The molecule has 3 nitrogen and oxygen atoms in total. The number of aromatic nitrogens is 2. The molecule has 0 bridgehead atoms. The van der Waals surface area contributed by atoms with Crippen molar-refractivity contribution in [2.24, 2.45) is 0 Å². The summed E-state index contributed by atoms with van der Waals surface area (Å²) in [6.45, 7) is 1.98. The predicted molar refractivity (Wildman–Crippen MR) is 66.5 cm³/mol. The fourth-order valence-electron chi connectivity index (χ4n) is 1.22. The molecular formula is C11H8Cl2FN3. The number of hydrogen-bond acceptors (Lipinski definition) is 3. The number of hydrogen-bond donors (Lipinski definition) is 1. The van der Waals surface area contributed by atoms with Gasteiger partial charge in [0.15, 0.2) is 16.1 Å². The zero-order valence-corrected chi connectivity index (χ0v) is 10.3. The smallest absolute Gasteiger partial charge is 0.230 e. The van der Waals surface area contributed by atoms with Crippen LogP contribution in [0.5, 0.6) is 0 Å². The largest absolute Gasteiger partial charge is 0.324 e. The molecule has 2 aromatic rings. The minimum absolute atomic E-state index is 0.158. The molecule has 0 spiro atoms. The molecule has 17 heavy (non-hydrogen) atoms. The van der Waals surface area contributed by atoms with E-state index in [-0.39, 0.29) is 16.3 Å². The van der Waals surface area contributed by atoms with Crippen LogP contribution in [-0.4, -0.2) is 9.97 Å². The number of nitrogens with zero attached hydrogens (tertiary/aromatic N) is 2. The fraction of sp³-hybridized carbons (Fsp3) is 0.0909. The highest BCUT2D eigenvalue weighted by atomic mass is 35.5. The maximum Gasteiger partial charge on any atom is 0.230 e. The summed E-state index contributed by atoms with van der Waals surface area (Å²) in [5, 5.41) is 2.27. The molecule has 88 valence electrons. The Balaban J connectivity index is 2.27. The highest BCUT2D eigenvalue weighted by molar-refractivity contribution is 6.33. The second-order valence-corrected chi connectivity index (χ2v) is 4.15. The van der Waals surface area contributed by atoms with Gasteiger partial charge in [-0.05, 0) is 19.1 Å². The number of rotatable bonds is 2. The second-order valence-electron chi connectivity index (χ2n) is 3.43. The third-order valence-electron chi connectivity index (χ3n) is 2.08. The lowest BCUT2D eigenvalue weighted by Crippen LogP contribution is -1.99. The molecule has 0 amide bonds. The Morgan fingerprint density at radius 1 is 1.06 bits per heavy atom. The molecular weight excluding hydrogens is 264 g/mol. The Morgan fingerprint density at radius 2 is 1.59 bits per heavy atom. The monoisotopic (exact) mass is 271 g/mol. The van der Waals surface area contributed by atoms with Crippen LogP contribution >= 0.6 is 23.2 Å². The topological polar surface area (TPSA) is 37.8 Å². The summed E-state index contributed by atoms with van der Waals surface area (Å²) in [4.78, 5) is 7.47. The van der Waals surface area contributed by atoms with E-state index in [0.717, 1.165) is 11.3 Å². The SMILES string of the molecule is Cc1ccc(Nc2nc(Cl)c(F)c(Cl)n2)cc1. The fourth-order valence-corrected chi connectivity index (χ4v) is 1.60. The van der Waals surface area contributed by atoms with Gasteiger partial charge in [-0.25, -0.2) is 4.39 Å². The van der Waals surface area contributed by atoms with Crippen LogP contribution in [0.4, 0.5) is 16.0 Å². The Labute approximate surface area is 108 Å². The lowest BCUT2D eigenvalue weighted by atomic mass is 10.2. The van der Waals surface area contributed by atoms with Crippen molar-refractivity contribution in [1.82, 2.24) is 9.97 Å². The van der Waals surface area contributed by atoms with E-state index >= 15 is 0 Å². The zero-order chi connectivity index (χ0) is 12.4. The van der Waals surface area contributed by atoms with Crippen molar-refractivity contribution in [3.05, 3.63) is 46.0 Å². The molecule has 0 saturated heterocycles. The van der Waals surface area contributed by atoms with Crippen molar-refractivity contribution in [2.75, 3.05) is 5.32 Å². The molecule has 1 aromatic carbocycles. The van der Waals surface area contributed by atoms with Gasteiger partial charge in [0.25, 0.3) is 0 Å². The van der Waals surface area contributed by atoms with Crippen molar-refractivity contribution >= 4 is 34.8 Å². The first-order chi connectivity index (χ1) is 8.06. The summed E-state index contributed by atoms with van der Waals surface area (Å²) in [6, 6.07) is 7.55. The van der Waals surface area contributed by atoms with Gasteiger partial charge in [0.05, 0.1) is 0 Å². The standard InChI is InChI=1S/C11H8Cl2FN3/c1-6-2-4-7(5-3-6)15-11-16-9(12)8(14)10(13)17-11/h2-5H,1H3,(H,15,16,17). The van der Waals surface area contributed by atoms with Crippen LogP contribution in [0.25, 0.3) is 0 Å². The van der Waals surface area contributed by atoms with E-state index in [1.54, 1.807) is 0 Å². The van der Waals surface area contributed by atoms with Crippen LogP contribution in [-0.2, 0) is 0 Å². The van der Waals surface area contributed by atoms with Crippen LogP contribution in [0.3, 0.4) is 0 Å². The molecule has 1 aromatic heterocycles. The maximum atomic E-state index is 13.1. The van der Waals surface area contributed by atoms with E-state index in [0.29, 0.717) is 0 Å². The normalized spacial score (nSPS) is 10.4. The lowest BCUT2D eigenvalue weighted by Gasteiger charge is -2.06. The van der Waals surface area contributed by atoms with E-state index < -0.39 is 5.82 Å². The number of aryl methyl sites for hydroxylation is 1. The van der Waals surface area contributed by atoms with Gasteiger partial charge < -0.3 is 5.32 Å². The summed E-state index contributed by atoms with van der Waals surface area (Å²) in [6.07, 6.45) is 0. The van der Waals surface area contributed by atoms with Gasteiger partial charge in [-0.3, -0.25) is 0 Å². The highest BCUT2D eigenvalue weighted by Gasteiger charge is 2.10. The summed E-state index contributed by atoms with van der Waals surface area (Å²) in [5.74, 6) is -0.659. The van der Waals surface area contributed by atoms with E-state index in [2.05, 4.69) is 15.3 Å². The lowest BCUT2D eigenvalue weighted by molar-refractivity contribution is 0.615. The van der Waals surface area contributed by atoms with Gasteiger partial charge in [0, 0.05) is 5.69 Å².